The van der Waals surface area contributed by atoms with Gasteiger partial charge >= 0.3 is 0 Å². The summed E-state index contributed by atoms with van der Waals surface area (Å²) in [6, 6.07) is 12.7. The van der Waals surface area contributed by atoms with Gasteiger partial charge in [0, 0.05) is 30.2 Å². The van der Waals surface area contributed by atoms with Gasteiger partial charge in [-0.15, -0.1) is 0 Å². The van der Waals surface area contributed by atoms with E-state index in [0.717, 1.165) is 11.1 Å². The van der Waals surface area contributed by atoms with Crippen LogP contribution in [-0.2, 0) is 4.79 Å². The molecular weight excluding hydrogens is 394 g/mol. The van der Waals surface area contributed by atoms with Crippen LogP contribution in [0, 0.1) is 20.8 Å². The minimum absolute atomic E-state index is 0.209. The van der Waals surface area contributed by atoms with Crippen molar-refractivity contribution < 1.29 is 14.4 Å². The van der Waals surface area contributed by atoms with Crippen molar-refractivity contribution >= 4 is 35.8 Å². The number of nitrogens with one attached hydrogen (secondary N) is 3. The van der Waals surface area contributed by atoms with Gasteiger partial charge in [-0.1, -0.05) is 23.8 Å². The molecule has 3 rings (SSSR count). The first-order valence-electron chi connectivity index (χ1n) is 9.47. The Bertz CT molecular complexity index is 1100. The summed E-state index contributed by atoms with van der Waals surface area (Å²) < 4.78 is 0. The van der Waals surface area contributed by atoms with E-state index in [9.17, 15) is 9.59 Å². The quantitative estimate of drug-likeness (QED) is 0.580. The summed E-state index contributed by atoms with van der Waals surface area (Å²) in [5, 5.41) is 8.65. The summed E-state index contributed by atoms with van der Waals surface area (Å²) in [6.07, 6.45) is 1.49. The van der Waals surface area contributed by atoms with Crippen molar-refractivity contribution in [2.24, 2.45) is 0 Å². The van der Waals surface area contributed by atoms with Gasteiger partial charge in [-0.25, -0.2) is 9.97 Å². The normalized spacial score (nSPS) is 9.81. The first kappa shape index (κ1) is 23.2. The lowest BCUT2D eigenvalue weighted by molar-refractivity contribution is -0.0980. The Hall–Kier alpha value is -4.07. The summed E-state index contributed by atoms with van der Waals surface area (Å²) in [5.41, 5.74) is 3.98. The lowest BCUT2D eigenvalue weighted by atomic mass is 10.1. The molecule has 0 saturated carbocycles. The molecule has 2 aromatic carbocycles. The molecule has 0 fully saturated rings. The van der Waals surface area contributed by atoms with Gasteiger partial charge in [-0.2, -0.15) is 0 Å². The Balaban J connectivity index is 0.00000166. The number of aromatic nitrogens is 2. The topological polar surface area (TPSA) is 113 Å². The molecular formula is C23H25N5O3. The first-order valence-corrected chi connectivity index (χ1v) is 9.47. The molecule has 3 N–H and O–H groups in total. The largest absolute Gasteiger partial charge is 0.372 e. The van der Waals surface area contributed by atoms with Crippen LogP contribution in [0.25, 0.3) is 0 Å². The zero-order valence-electron chi connectivity index (χ0n) is 17.9. The first-order chi connectivity index (χ1) is 14.9. The van der Waals surface area contributed by atoms with Crippen LogP contribution >= 0.6 is 0 Å². The number of anilines is 3. The molecule has 160 valence electrons. The second-order valence-electron chi connectivity index (χ2n) is 6.74. The van der Waals surface area contributed by atoms with E-state index < -0.39 is 0 Å². The molecule has 3 aromatic rings. The van der Waals surface area contributed by atoms with Gasteiger partial charge in [0.1, 0.15) is 24.0 Å². The highest BCUT2D eigenvalue weighted by Gasteiger charge is 2.15. The standard InChI is InChI=1S/C22H23N5O2.CH2O/c1-13-6-5-7-16(10-13)21(28)26-17-9-8-14(2)19(11-17)27-22(29)18-12-24-15(3)25-20(18)23-4;1-2/h5-12H,1-4H3,(H,26,28)(H,27,29)(H,23,24,25);1H2. The van der Waals surface area contributed by atoms with E-state index in [1.54, 1.807) is 32.2 Å². The third kappa shape index (κ3) is 5.96. The fraction of sp³-hybridized carbons (Fsp3) is 0.174. The monoisotopic (exact) mass is 419 g/mol. The number of amides is 2. The Morgan fingerprint density at radius 1 is 0.935 bits per heavy atom. The number of benzene rings is 2. The average molecular weight is 419 g/mol. The van der Waals surface area contributed by atoms with Crippen molar-refractivity contribution in [2.45, 2.75) is 20.8 Å². The van der Waals surface area contributed by atoms with Gasteiger partial charge in [0.25, 0.3) is 11.8 Å². The number of nitrogens with zero attached hydrogens (tertiary/aromatic N) is 2. The number of carbonyl (C=O) groups is 3. The fourth-order valence-electron chi connectivity index (χ4n) is 2.84. The molecule has 2 amide bonds. The molecule has 0 saturated heterocycles. The third-order valence-electron chi connectivity index (χ3n) is 4.41. The highest BCUT2D eigenvalue weighted by Crippen LogP contribution is 2.23. The van der Waals surface area contributed by atoms with Crippen molar-refractivity contribution in [3.8, 4) is 0 Å². The maximum atomic E-state index is 12.7. The number of carbonyl (C=O) groups excluding carboxylic acids is 3. The van der Waals surface area contributed by atoms with Crippen molar-refractivity contribution in [1.29, 1.82) is 0 Å². The predicted octanol–water partition coefficient (Wildman–Crippen LogP) is 3.76. The van der Waals surface area contributed by atoms with Crippen LogP contribution in [0.3, 0.4) is 0 Å². The Labute approximate surface area is 181 Å². The van der Waals surface area contributed by atoms with Crippen LogP contribution in [0.2, 0.25) is 0 Å². The fourth-order valence-corrected chi connectivity index (χ4v) is 2.84. The second-order valence-corrected chi connectivity index (χ2v) is 6.74. The molecule has 0 radical (unpaired) electrons. The lowest BCUT2D eigenvalue weighted by Gasteiger charge is -2.13. The maximum absolute atomic E-state index is 12.7. The molecule has 8 heteroatoms. The smallest absolute Gasteiger partial charge is 0.261 e. The van der Waals surface area contributed by atoms with E-state index in [0.29, 0.717) is 34.1 Å². The van der Waals surface area contributed by atoms with Crippen LogP contribution in [0.15, 0.2) is 48.7 Å². The summed E-state index contributed by atoms with van der Waals surface area (Å²) in [5.74, 6) is 0.485. The van der Waals surface area contributed by atoms with Crippen LogP contribution in [0.4, 0.5) is 17.2 Å². The number of rotatable bonds is 5. The van der Waals surface area contributed by atoms with E-state index >= 15 is 0 Å². The molecule has 1 aromatic heterocycles. The van der Waals surface area contributed by atoms with E-state index in [-0.39, 0.29) is 11.8 Å². The summed E-state index contributed by atoms with van der Waals surface area (Å²) in [6.45, 7) is 7.57. The predicted molar refractivity (Wildman–Crippen MR) is 122 cm³/mol. The van der Waals surface area contributed by atoms with Crippen molar-refractivity contribution in [2.75, 3.05) is 23.0 Å². The molecule has 0 aliphatic rings. The number of hydrogen-bond donors (Lipinski definition) is 3. The van der Waals surface area contributed by atoms with Gasteiger partial charge < -0.3 is 20.7 Å². The van der Waals surface area contributed by atoms with Crippen LogP contribution in [0.1, 0.15) is 37.7 Å². The van der Waals surface area contributed by atoms with Crippen molar-refractivity contribution in [3.63, 3.8) is 0 Å². The SMILES string of the molecule is C=O.CNc1nc(C)ncc1C(=O)Nc1cc(NC(=O)c2cccc(C)c2)ccc1C. The Kier molecular flexibility index (Phi) is 7.96. The molecule has 0 unspecified atom stereocenters. The Morgan fingerprint density at radius 2 is 1.68 bits per heavy atom. The molecule has 0 aliphatic heterocycles. The van der Waals surface area contributed by atoms with E-state index in [4.69, 9.17) is 4.79 Å². The van der Waals surface area contributed by atoms with Gasteiger partial charge in [-0.3, -0.25) is 9.59 Å². The molecule has 31 heavy (non-hydrogen) atoms. The summed E-state index contributed by atoms with van der Waals surface area (Å²) in [4.78, 5) is 41.6. The maximum Gasteiger partial charge on any atom is 0.261 e. The molecule has 0 spiro atoms. The third-order valence-corrected chi connectivity index (χ3v) is 4.41. The summed E-state index contributed by atoms with van der Waals surface area (Å²) >= 11 is 0. The number of hydrogen-bond acceptors (Lipinski definition) is 6. The van der Waals surface area contributed by atoms with Crippen molar-refractivity contribution in [1.82, 2.24) is 9.97 Å². The minimum atomic E-state index is -0.334. The molecule has 1 heterocycles. The lowest BCUT2D eigenvalue weighted by Crippen LogP contribution is -2.17. The van der Waals surface area contributed by atoms with Gasteiger partial charge in [0.2, 0.25) is 0 Å². The van der Waals surface area contributed by atoms with Crippen molar-refractivity contribution in [3.05, 3.63) is 76.7 Å². The average Bonchev–Trinajstić information content (AvgIpc) is 2.77. The molecule has 0 aliphatic carbocycles. The van der Waals surface area contributed by atoms with Gasteiger partial charge in [0.05, 0.1) is 0 Å². The molecule has 0 atom stereocenters. The number of aryl methyl sites for hydroxylation is 3. The zero-order chi connectivity index (χ0) is 23.0. The highest BCUT2D eigenvalue weighted by molar-refractivity contribution is 6.08. The second kappa shape index (κ2) is 10.6. The zero-order valence-corrected chi connectivity index (χ0v) is 17.9. The van der Waals surface area contributed by atoms with Gasteiger partial charge in [0.15, 0.2) is 0 Å². The highest BCUT2D eigenvalue weighted by atomic mass is 16.2. The molecule has 8 nitrogen and oxygen atoms in total. The van der Waals surface area contributed by atoms with Crippen LogP contribution in [-0.4, -0.2) is 35.6 Å². The van der Waals surface area contributed by atoms with Gasteiger partial charge in [-0.05, 0) is 50.6 Å². The molecule has 0 bridgehead atoms. The van der Waals surface area contributed by atoms with Crippen LogP contribution < -0.4 is 16.0 Å². The van der Waals surface area contributed by atoms with E-state index in [1.165, 1.54) is 6.20 Å². The summed E-state index contributed by atoms with van der Waals surface area (Å²) in [7, 11) is 1.70. The van der Waals surface area contributed by atoms with Crippen LogP contribution in [0.5, 0.6) is 0 Å². The minimum Gasteiger partial charge on any atom is -0.372 e. The van der Waals surface area contributed by atoms with E-state index in [1.807, 2.05) is 44.9 Å². The Morgan fingerprint density at radius 3 is 2.35 bits per heavy atom. The van der Waals surface area contributed by atoms with E-state index in [2.05, 4.69) is 25.9 Å².